The van der Waals surface area contributed by atoms with Gasteiger partial charge in [0.15, 0.2) is 0 Å². The van der Waals surface area contributed by atoms with Crippen molar-refractivity contribution in [3.05, 3.63) is 36.1 Å². The number of hydrogen-bond acceptors (Lipinski definition) is 4. The largest absolute Gasteiger partial charge is 0.497 e. The molecule has 1 aliphatic heterocycles. The Kier molecular flexibility index (Phi) is 5.36. The van der Waals surface area contributed by atoms with Crippen LogP contribution in [-0.2, 0) is 19.1 Å². The van der Waals surface area contributed by atoms with E-state index in [9.17, 15) is 9.59 Å². The maximum atomic E-state index is 11.6. The standard InChI is InChI=1S/C14H19NO4/c1-5-10(18-3)7-6-9(2)11-8-15-13(16)12(11)14(17)19-4/h5-7,11-12H,2,8H2,1,3-4H3,(H,15,16)/b7-6-,10-5+/t11-,12-/m0/s1. The molecule has 1 saturated heterocycles. The van der Waals surface area contributed by atoms with Crippen molar-refractivity contribution >= 4 is 11.9 Å². The first-order valence-corrected chi connectivity index (χ1v) is 5.97. The number of esters is 1. The summed E-state index contributed by atoms with van der Waals surface area (Å²) in [5.74, 6) is -1.27. The molecule has 2 atom stereocenters. The SMILES string of the molecule is C=C(/C=C\C(=C/C)OC)[C@@H]1CNC(=O)[C@H]1C(=O)OC. The predicted octanol–water partition coefficient (Wildman–Crippen LogP) is 1.18. The van der Waals surface area contributed by atoms with E-state index in [1.54, 1.807) is 25.3 Å². The molecule has 1 aliphatic rings. The molecule has 1 N–H and O–H groups in total. The van der Waals surface area contributed by atoms with Gasteiger partial charge in [-0.2, -0.15) is 0 Å². The zero-order chi connectivity index (χ0) is 14.4. The van der Waals surface area contributed by atoms with Crippen LogP contribution in [0.1, 0.15) is 6.92 Å². The van der Waals surface area contributed by atoms with Crippen LogP contribution in [0.25, 0.3) is 0 Å². The minimum atomic E-state index is -0.821. The molecule has 0 aromatic rings. The number of carbonyl (C=O) groups is 2. The molecule has 0 unspecified atom stereocenters. The summed E-state index contributed by atoms with van der Waals surface area (Å²) in [6, 6.07) is 0. The smallest absolute Gasteiger partial charge is 0.318 e. The molecule has 0 spiro atoms. The van der Waals surface area contributed by atoms with Crippen LogP contribution >= 0.6 is 0 Å². The fourth-order valence-electron chi connectivity index (χ4n) is 1.96. The Bertz CT molecular complexity index is 437. The van der Waals surface area contributed by atoms with Gasteiger partial charge < -0.3 is 14.8 Å². The first kappa shape index (κ1) is 15.0. The van der Waals surface area contributed by atoms with Crippen LogP contribution in [0.3, 0.4) is 0 Å². The van der Waals surface area contributed by atoms with Gasteiger partial charge in [0.2, 0.25) is 5.91 Å². The van der Waals surface area contributed by atoms with Gasteiger partial charge in [0, 0.05) is 12.5 Å². The van der Waals surface area contributed by atoms with Crippen molar-refractivity contribution in [3.8, 4) is 0 Å². The second-order valence-electron chi connectivity index (χ2n) is 4.16. The zero-order valence-corrected chi connectivity index (χ0v) is 11.4. The molecule has 0 aromatic heterocycles. The summed E-state index contributed by atoms with van der Waals surface area (Å²) in [4.78, 5) is 23.2. The highest BCUT2D eigenvalue weighted by atomic mass is 16.5. The maximum Gasteiger partial charge on any atom is 0.318 e. The average molecular weight is 265 g/mol. The number of allylic oxidation sites excluding steroid dienone is 3. The van der Waals surface area contributed by atoms with Gasteiger partial charge >= 0.3 is 5.97 Å². The number of amides is 1. The van der Waals surface area contributed by atoms with Crippen LogP contribution in [0.4, 0.5) is 0 Å². The Morgan fingerprint density at radius 1 is 1.37 bits per heavy atom. The van der Waals surface area contributed by atoms with Crippen LogP contribution < -0.4 is 5.32 Å². The molecule has 1 fully saturated rings. The second kappa shape index (κ2) is 6.78. The topological polar surface area (TPSA) is 64.6 Å². The molecule has 0 aromatic carbocycles. The highest BCUT2D eigenvalue weighted by Gasteiger charge is 2.41. The molecule has 5 nitrogen and oxygen atoms in total. The Labute approximate surface area is 113 Å². The van der Waals surface area contributed by atoms with E-state index < -0.39 is 11.9 Å². The van der Waals surface area contributed by atoms with Crippen molar-refractivity contribution in [1.82, 2.24) is 5.32 Å². The Hall–Kier alpha value is -2.04. The third-order valence-electron chi connectivity index (χ3n) is 3.09. The average Bonchev–Trinajstić information content (AvgIpc) is 2.80. The van der Waals surface area contributed by atoms with Crippen LogP contribution in [0, 0.1) is 11.8 Å². The lowest BCUT2D eigenvalue weighted by atomic mass is 9.89. The molecule has 0 aliphatic carbocycles. The van der Waals surface area contributed by atoms with Gasteiger partial charge in [-0.1, -0.05) is 12.7 Å². The van der Waals surface area contributed by atoms with E-state index in [-0.39, 0.29) is 11.8 Å². The van der Waals surface area contributed by atoms with Gasteiger partial charge in [0.1, 0.15) is 11.7 Å². The molecule has 0 radical (unpaired) electrons. The fourth-order valence-corrected chi connectivity index (χ4v) is 1.96. The van der Waals surface area contributed by atoms with E-state index in [1.807, 2.05) is 6.92 Å². The second-order valence-corrected chi connectivity index (χ2v) is 4.16. The Morgan fingerprint density at radius 2 is 2.05 bits per heavy atom. The fraction of sp³-hybridized carbons (Fsp3) is 0.429. The minimum absolute atomic E-state index is 0.286. The van der Waals surface area contributed by atoms with Crippen molar-refractivity contribution in [1.29, 1.82) is 0 Å². The first-order chi connectivity index (χ1) is 9.04. The number of methoxy groups -OCH3 is 2. The number of nitrogens with one attached hydrogen (secondary N) is 1. The lowest BCUT2D eigenvalue weighted by Crippen LogP contribution is -2.29. The monoisotopic (exact) mass is 265 g/mol. The number of carbonyl (C=O) groups excluding carboxylic acids is 2. The third-order valence-corrected chi connectivity index (χ3v) is 3.09. The molecular formula is C14H19NO4. The van der Waals surface area contributed by atoms with Gasteiger partial charge in [0.25, 0.3) is 0 Å². The van der Waals surface area contributed by atoms with Gasteiger partial charge in [-0.3, -0.25) is 9.59 Å². The molecular weight excluding hydrogens is 246 g/mol. The molecule has 0 saturated carbocycles. The van der Waals surface area contributed by atoms with Crippen molar-refractivity contribution in [3.63, 3.8) is 0 Å². The van der Waals surface area contributed by atoms with Gasteiger partial charge in [-0.25, -0.2) is 0 Å². The van der Waals surface area contributed by atoms with Crippen molar-refractivity contribution < 1.29 is 19.1 Å². The van der Waals surface area contributed by atoms with Gasteiger partial charge in [0.05, 0.1) is 14.2 Å². The molecule has 5 heteroatoms. The molecule has 1 amide bonds. The summed E-state index contributed by atoms with van der Waals surface area (Å²) in [5.41, 5.74) is 0.685. The van der Waals surface area contributed by atoms with Gasteiger partial charge in [-0.15, -0.1) is 0 Å². The van der Waals surface area contributed by atoms with Crippen molar-refractivity contribution in [2.45, 2.75) is 6.92 Å². The number of rotatable bonds is 5. The van der Waals surface area contributed by atoms with E-state index in [1.165, 1.54) is 7.11 Å². The van der Waals surface area contributed by atoms with Crippen LogP contribution in [-0.4, -0.2) is 32.6 Å². The molecule has 104 valence electrons. The summed E-state index contributed by atoms with van der Waals surface area (Å²) >= 11 is 0. The summed E-state index contributed by atoms with van der Waals surface area (Å²) in [6.45, 7) is 6.15. The molecule has 0 bridgehead atoms. The number of ether oxygens (including phenoxy) is 2. The quantitative estimate of drug-likeness (QED) is 0.351. The van der Waals surface area contributed by atoms with E-state index >= 15 is 0 Å². The first-order valence-electron chi connectivity index (χ1n) is 5.97. The molecule has 1 heterocycles. The van der Waals surface area contributed by atoms with Crippen LogP contribution in [0.2, 0.25) is 0 Å². The van der Waals surface area contributed by atoms with Crippen LogP contribution in [0.15, 0.2) is 36.1 Å². The number of hydrogen-bond donors (Lipinski definition) is 1. The van der Waals surface area contributed by atoms with E-state index in [4.69, 9.17) is 4.74 Å². The zero-order valence-electron chi connectivity index (χ0n) is 11.4. The lowest BCUT2D eigenvalue weighted by Gasteiger charge is -2.14. The van der Waals surface area contributed by atoms with Crippen molar-refractivity contribution in [2.75, 3.05) is 20.8 Å². The summed E-state index contributed by atoms with van der Waals surface area (Å²) in [5, 5.41) is 2.65. The Balaban J connectivity index is 2.81. The van der Waals surface area contributed by atoms with Crippen LogP contribution in [0.5, 0.6) is 0 Å². The minimum Gasteiger partial charge on any atom is -0.497 e. The normalized spacial score (nSPS) is 23.3. The third kappa shape index (κ3) is 3.47. The lowest BCUT2D eigenvalue weighted by molar-refractivity contribution is -0.149. The highest BCUT2D eigenvalue weighted by Crippen LogP contribution is 2.26. The van der Waals surface area contributed by atoms with E-state index in [0.29, 0.717) is 17.9 Å². The summed E-state index contributed by atoms with van der Waals surface area (Å²) in [6.07, 6.45) is 5.30. The predicted molar refractivity (Wildman–Crippen MR) is 71.1 cm³/mol. The highest BCUT2D eigenvalue weighted by molar-refractivity contribution is 6.00. The maximum absolute atomic E-state index is 11.6. The van der Waals surface area contributed by atoms with Crippen molar-refractivity contribution in [2.24, 2.45) is 11.8 Å². The molecule has 19 heavy (non-hydrogen) atoms. The summed E-state index contributed by atoms with van der Waals surface area (Å²) in [7, 11) is 2.84. The van der Waals surface area contributed by atoms with Gasteiger partial charge in [-0.05, 0) is 24.6 Å². The molecule has 1 rings (SSSR count). The van der Waals surface area contributed by atoms with E-state index in [0.717, 1.165) is 0 Å². The van der Waals surface area contributed by atoms with E-state index in [2.05, 4.69) is 16.6 Å². The Morgan fingerprint density at radius 3 is 2.58 bits per heavy atom. The summed E-state index contributed by atoms with van der Waals surface area (Å²) < 4.78 is 9.74.